The number of hydrogen-bond donors (Lipinski definition) is 0. The summed E-state index contributed by atoms with van der Waals surface area (Å²) in [5, 5.41) is 0. The van der Waals surface area contributed by atoms with Crippen LogP contribution in [0.25, 0.3) is 0 Å². The molecule has 1 atom stereocenters. The first-order valence-electron chi connectivity index (χ1n) is 8.23. The summed E-state index contributed by atoms with van der Waals surface area (Å²) in [6, 6.07) is 0. The first-order chi connectivity index (χ1) is 9.35. The summed E-state index contributed by atoms with van der Waals surface area (Å²) in [7, 11) is 2.52. The topological polar surface area (TPSA) is 0 Å². The third-order valence-corrected chi connectivity index (χ3v) is 4.54. The lowest BCUT2D eigenvalue weighted by atomic mass is 9.45. The van der Waals surface area contributed by atoms with E-state index in [1.165, 1.54) is 24.0 Å². The maximum absolute atomic E-state index is 4.33. The smallest absolute Gasteiger partial charge is 0.0955 e. The molecule has 1 fully saturated rings. The average molecular weight is 271 g/mol. The highest BCUT2D eigenvalue weighted by Crippen LogP contribution is 2.46. The van der Waals surface area contributed by atoms with Crippen molar-refractivity contribution in [2.75, 3.05) is 0 Å². The highest BCUT2D eigenvalue weighted by atomic mass is 14.3. The van der Waals surface area contributed by atoms with Gasteiger partial charge in [0.25, 0.3) is 0 Å². The van der Waals surface area contributed by atoms with Gasteiger partial charge in [0.15, 0.2) is 0 Å². The Hall–Kier alpha value is -0.715. The van der Waals surface area contributed by atoms with E-state index < -0.39 is 0 Å². The van der Waals surface area contributed by atoms with Crippen LogP contribution in [0.4, 0.5) is 0 Å². The molecule has 0 saturated heterocycles. The van der Waals surface area contributed by atoms with Crippen LogP contribution < -0.4 is 0 Å². The molecule has 0 amide bonds. The van der Waals surface area contributed by atoms with Crippen LogP contribution in [-0.4, -0.2) is 7.28 Å². The molecule has 1 saturated carbocycles. The molecule has 1 heteroatoms. The molecule has 0 bridgehead atoms. The van der Waals surface area contributed by atoms with Crippen LogP contribution in [0.5, 0.6) is 0 Å². The minimum Gasteiger partial charge on any atom is -0.0955 e. The summed E-state index contributed by atoms with van der Waals surface area (Å²) in [4.78, 5) is 0. The van der Waals surface area contributed by atoms with E-state index in [0.717, 1.165) is 17.6 Å². The Morgan fingerprint density at radius 3 is 2.20 bits per heavy atom. The number of rotatable bonds is 7. The Labute approximate surface area is 127 Å². The van der Waals surface area contributed by atoms with Crippen LogP contribution in [0, 0.1) is 17.8 Å². The Morgan fingerprint density at radius 2 is 1.75 bits per heavy atom. The summed E-state index contributed by atoms with van der Waals surface area (Å²) < 4.78 is 0. The van der Waals surface area contributed by atoms with Crippen molar-refractivity contribution < 1.29 is 0 Å². The molecule has 111 valence electrons. The second-order valence-corrected chi connectivity index (χ2v) is 7.09. The summed E-state index contributed by atoms with van der Waals surface area (Å²) in [5.74, 6) is 3.59. The van der Waals surface area contributed by atoms with Gasteiger partial charge in [-0.3, -0.25) is 0 Å². The molecule has 1 unspecified atom stereocenters. The van der Waals surface area contributed by atoms with Gasteiger partial charge in [0.1, 0.15) is 7.28 Å². The fraction of sp³-hybridized carbons (Fsp3) is 0.684. The highest BCUT2D eigenvalue weighted by molar-refractivity contribution is 6.39. The van der Waals surface area contributed by atoms with Crippen LogP contribution in [-0.2, 0) is 0 Å². The van der Waals surface area contributed by atoms with Crippen molar-refractivity contribution in [2.24, 2.45) is 17.8 Å². The molecule has 0 aromatic heterocycles. The molecule has 0 aliphatic heterocycles. The summed E-state index contributed by atoms with van der Waals surface area (Å²) >= 11 is 0. The Kier molecular flexibility index (Phi) is 6.85. The van der Waals surface area contributed by atoms with Gasteiger partial charge in [-0.1, -0.05) is 89.5 Å². The van der Waals surface area contributed by atoms with Gasteiger partial charge in [-0.05, 0) is 30.3 Å². The molecular weight excluding hydrogens is 239 g/mol. The zero-order valence-corrected chi connectivity index (χ0v) is 14.3. The summed E-state index contributed by atoms with van der Waals surface area (Å²) in [6.07, 6.45) is 9.37. The lowest BCUT2D eigenvalue weighted by Crippen LogP contribution is -2.29. The van der Waals surface area contributed by atoms with Crippen molar-refractivity contribution >= 4 is 7.28 Å². The number of allylic oxidation sites excluding steroid dienone is 5. The second kappa shape index (κ2) is 7.91. The van der Waals surface area contributed by atoms with E-state index in [4.69, 9.17) is 0 Å². The SMILES string of the molecule is C=C(/C=C(\C=C/C)C(C)C)C(C)C1CC([B]C(C)C)C1. The maximum Gasteiger partial charge on any atom is 0.117 e. The molecule has 20 heavy (non-hydrogen) atoms. The minimum atomic E-state index is 0.568. The molecule has 0 N–H and O–H groups in total. The van der Waals surface area contributed by atoms with Crippen LogP contribution >= 0.6 is 0 Å². The van der Waals surface area contributed by atoms with E-state index in [1.54, 1.807) is 0 Å². The first kappa shape index (κ1) is 17.3. The quantitative estimate of drug-likeness (QED) is 0.389. The maximum atomic E-state index is 4.33. The summed E-state index contributed by atoms with van der Waals surface area (Å²) in [6.45, 7) is 17.8. The van der Waals surface area contributed by atoms with Gasteiger partial charge < -0.3 is 0 Å². The van der Waals surface area contributed by atoms with Crippen LogP contribution in [0.3, 0.4) is 0 Å². The van der Waals surface area contributed by atoms with E-state index in [1.807, 2.05) is 0 Å². The molecule has 1 rings (SSSR count). The van der Waals surface area contributed by atoms with E-state index in [2.05, 4.69) is 73.6 Å². The van der Waals surface area contributed by atoms with E-state index >= 15 is 0 Å². The fourth-order valence-corrected chi connectivity index (χ4v) is 3.07. The zero-order valence-electron chi connectivity index (χ0n) is 14.3. The molecule has 0 nitrogen and oxygen atoms in total. The van der Waals surface area contributed by atoms with Gasteiger partial charge in [0.05, 0.1) is 0 Å². The third kappa shape index (κ3) is 5.00. The van der Waals surface area contributed by atoms with Crippen molar-refractivity contribution in [1.29, 1.82) is 0 Å². The first-order valence-corrected chi connectivity index (χ1v) is 8.23. The molecule has 0 heterocycles. The van der Waals surface area contributed by atoms with E-state index in [9.17, 15) is 0 Å². The van der Waals surface area contributed by atoms with Gasteiger partial charge in [-0.15, -0.1) is 0 Å². The number of hydrogen-bond acceptors (Lipinski definition) is 0. The van der Waals surface area contributed by atoms with Crippen molar-refractivity contribution in [3.05, 3.63) is 36.0 Å². The lowest BCUT2D eigenvalue weighted by Gasteiger charge is -2.40. The zero-order chi connectivity index (χ0) is 15.3. The fourth-order valence-electron chi connectivity index (χ4n) is 3.07. The van der Waals surface area contributed by atoms with Crippen molar-refractivity contribution in [2.45, 2.75) is 66.0 Å². The Balaban J connectivity index is 2.54. The Morgan fingerprint density at radius 1 is 1.15 bits per heavy atom. The highest BCUT2D eigenvalue weighted by Gasteiger charge is 2.33. The molecule has 1 aliphatic carbocycles. The van der Waals surface area contributed by atoms with Gasteiger partial charge in [0, 0.05) is 0 Å². The van der Waals surface area contributed by atoms with Crippen molar-refractivity contribution in [3.8, 4) is 0 Å². The predicted molar refractivity (Wildman–Crippen MR) is 93.4 cm³/mol. The summed E-state index contributed by atoms with van der Waals surface area (Å²) in [5.41, 5.74) is 2.70. The average Bonchev–Trinajstić information content (AvgIpc) is 2.31. The standard InChI is InChI=1S/C19H32B/c1-8-9-17(13(2)3)10-15(6)16(7)18-11-19(12-18)20-14(4)5/h8-10,13-14,16,18-19H,6,11-12H2,1-5,7H3/b9-8-,17-10+. The van der Waals surface area contributed by atoms with Gasteiger partial charge in [-0.25, -0.2) is 0 Å². The molecule has 1 radical (unpaired) electrons. The minimum absolute atomic E-state index is 0.568. The monoisotopic (exact) mass is 271 g/mol. The molecule has 0 aromatic rings. The Bertz CT molecular complexity index is 367. The largest absolute Gasteiger partial charge is 0.117 e. The van der Waals surface area contributed by atoms with Crippen molar-refractivity contribution in [1.82, 2.24) is 0 Å². The van der Waals surface area contributed by atoms with Crippen LogP contribution in [0.2, 0.25) is 11.6 Å². The molecule has 0 spiro atoms. The van der Waals surface area contributed by atoms with Crippen molar-refractivity contribution in [3.63, 3.8) is 0 Å². The van der Waals surface area contributed by atoms with Gasteiger partial charge in [0.2, 0.25) is 0 Å². The van der Waals surface area contributed by atoms with Crippen LogP contribution in [0.15, 0.2) is 36.0 Å². The van der Waals surface area contributed by atoms with Gasteiger partial charge >= 0.3 is 0 Å². The van der Waals surface area contributed by atoms with Crippen LogP contribution in [0.1, 0.15) is 54.4 Å². The predicted octanol–water partition coefficient (Wildman–Crippen LogP) is 6.07. The van der Waals surface area contributed by atoms with E-state index in [-0.39, 0.29) is 0 Å². The normalized spacial score (nSPS) is 25.1. The van der Waals surface area contributed by atoms with Gasteiger partial charge in [-0.2, -0.15) is 0 Å². The molecule has 0 aromatic carbocycles. The third-order valence-electron chi connectivity index (χ3n) is 4.54. The second-order valence-electron chi connectivity index (χ2n) is 7.09. The molecular formula is C19H32B. The molecule has 1 aliphatic rings. The van der Waals surface area contributed by atoms with E-state index in [0.29, 0.717) is 11.8 Å². The lowest BCUT2D eigenvalue weighted by molar-refractivity contribution is 0.247.